The van der Waals surface area contributed by atoms with Crippen LogP contribution >= 0.6 is 23.2 Å². The van der Waals surface area contributed by atoms with Gasteiger partial charge in [-0.25, -0.2) is 0 Å². The van der Waals surface area contributed by atoms with Crippen LogP contribution in [-0.2, 0) is 16.1 Å². The summed E-state index contributed by atoms with van der Waals surface area (Å²) < 4.78 is 10.5. The van der Waals surface area contributed by atoms with Crippen molar-refractivity contribution >= 4 is 40.7 Å². The number of carbonyl (C=O) groups excluding carboxylic acids is 2. The minimum Gasteiger partial charge on any atom is -0.507 e. The number of carbonyl (C=O) groups is 2. The van der Waals surface area contributed by atoms with Gasteiger partial charge in [0.1, 0.15) is 11.5 Å². The number of amides is 1. The van der Waals surface area contributed by atoms with Crippen LogP contribution in [0.25, 0.3) is 5.76 Å². The lowest BCUT2D eigenvalue weighted by molar-refractivity contribution is -0.140. The first-order valence-electron chi connectivity index (χ1n) is 10.2. The highest BCUT2D eigenvalue weighted by Crippen LogP contribution is 2.43. The minimum atomic E-state index is -0.872. The van der Waals surface area contributed by atoms with Gasteiger partial charge in [0.05, 0.1) is 35.9 Å². The van der Waals surface area contributed by atoms with Gasteiger partial charge in [-0.2, -0.15) is 0 Å². The molecule has 34 heavy (non-hydrogen) atoms. The summed E-state index contributed by atoms with van der Waals surface area (Å²) in [5.41, 5.74) is 1.48. The smallest absolute Gasteiger partial charge is 0.295 e. The van der Waals surface area contributed by atoms with Crippen LogP contribution in [0.2, 0.25) is 10.0 Å². The highest BCUT2D eigenvalue weighted by molar-refractivity contribution is 6.46. The topological polar surface area (TPSA) is 89.0 Å². The number of aromatic nitrogens is 1. The van der Waals surface area contributed by atoms with Crippen molar-refractivity contribution < 1.29 is 24.2 Å². The highest BCUT2D eigenvalue weighted by Gasteiger charge is 2.46. The van der Waals surface area contributed by atoms with Gasteiger partial charge in [-0.05, 0) is 47.5 Å². The van der Waals surface area contributed by atoms with Crippen LogP contribution in [0.1, 0.15) is 22.7 Å². The Labute approximate surface area is 206 Å². The van der Waals surface area contributed by atoms with E-state index in [1.54, 1.807) is 48.8 Å². The number of aliphatic hydroxyl groups excluding tert-OH is 1. The highest BCUT2D eigenvalue weighted by atomic mass is 35.5. The van der Waals surface area contributed by atoms with Gasteiger partial charge in [-0.1, -0.05) is 35.3 Å². The maximum Gasteiger partial charge on any atom is 0.295 e. The number of pyridine rings is 1. The van der Waals surface area contributed by atoms with Crippen molar-refractivity contribution in [3.63, 3.8) is 0 Å². The Balaban J connectivity index is 1.90. The van der Waals surface area contributed by atoms with E-state index in [0.29, 0.717) is 11.3 Å². The van der Waals surface area contributed by atoms with E-state index in [0.717, 1.165) is 5.56 Å². The Kier molecular flexibility index (Phi) is 6.77. The van der Waals surface area contributed by atoms with Crippen LogP contribution < -0.4 is 9.47 Å². The molecular formula is C25H20Cl2N2O5. The van der Waals surface area contributed by atoms with Crippen LogP contribution in [0.5, 0.6) is 11.5 Å². The predicted molar refractivity (Wildman–Crippen MR) is 128 cm³/mol. The first-order chi connectivity index (χ1) is 16.3. The van der Waals surface area contributed by atoms with Crippen molar-refractivity contribution in [2.75, 3.05) is 14.2 Å². The number of benzene rings is 2. The number of methoxy groups -OCH3 is 2. The van der Waals surface area contributed by atoms with Gasteiger partial charge in [0.15, 0.2) is 5.75 Å². The van der Waals surface area contributed by atoms with Crippen LogP contribution in [0, 0.1) is 0 Å². The van der Waals surface area contributed by atoms with E-state index >= 15 is 0 Å². The Morgan fingerprint density at radius 1 is 1.03 bits per heavy atom. The zero-order valence-corrected chi connectivity index (χ0v) is 19.8. The van der Waals surface area contributed by atoms with Crippen molar-refractivity contribution in [3.8, 4) is 11.5 Å². The molecule has 9 heteroatoms. The molecule has 0 aliphatic carbocycles. The fraction of sp³-hybridized carbons (Fsp3) is 0.160. The molecule has 1 N–H and O–H groups in total. The third-order valence-corrected chi connectivity index (χ3v) is 6.09. The van der Waals surface area contributed by atoms with E-state index in [2.05, 4.69) is 4.98 Å². The van der Waals surface area contributed by atoms with Crippen molar-refractivity contribution in [2.24, 2.45) is 0 Å². The number of ether oxygens (including phenoxy) is 2. The van der Waals surface area contributed by atoms with Crippen LogP contribution in [-0.4, -0.2) is 40.9 Å². The van der Waals surface area contributed by atoms with Gasteiger partial charge < -0.3 is 19.5 Å². The molecule has 0 saturated carbocycles. The van der Waals surface area contributed by atoms with Crippen molar-refractivity contribution in [3.05, 3.63) is 93.2 Å². The van der Waals surface area contributed by atoms with Crippen LogP contribution in [0.15, 0.2) is 66.5 Å². The molecule has 4 rings (SSSR count). The summed E-state index contributed by atoms with van der Waals surface area (Å²) in [7, 11) is 2.94. The van der Waals surface area contributed by atoms with Crippen LogP contribution in [0.4, 0.5) is 0 Å². The predicted octanol–water partition coefficient (Wildman–Crippen LogP) is 5.03. The third-order valence-electron chi connectivity index (χ3n) is 5.53. The Bertz CT molecular complexity index is 1270. The Hall–Kier alpha value is -3.55. The summed E-state index contributed by atoms with van der Waals surface area (Å²) in [6.45, 7) is 0.135. The SMILES string of the molecule is COc1cccc(C2/C(=C(\O)c3cc(Cl)c(OC)c(Cl)c3)C(=O)C(=O)N2Cc2ccncc2)c1. The standard InChI is InChI=1S/C25H20Cl2N2O5/c1-33-17-5-3-4-15(10-17)21-20(22(30)16-11-18(26)24(34-2)19(27)12-16)23(31)25(32)29(21)13-14-6-8-28-9-7-14/h3-12,21,30H,13H2,1-2H3/b22-20+. The second-order valence-corrected chi connectivity index (χ2v) is 8.35. The first kappa shape index (κ1) is 23.6. The fourth-order valence-electron chi connectivity index (χ4n) is 3.93. The van der Waals surface area contributed by atoms with E-state index in [9.17, 15) is 14.7 Å². The van der Waals surface area contributed by atoms with Crippen molar-refractivity contribution in [1.29, 1.82) is 0 Å². The lowest BCUT2D eigenvalue weighted by Gasteiger charge is -2.25. The largest absolute Gasteiger partial charge is 0.507 e. The summed E-state index contributed by atoms with van der Waals surface area (Å²) in [6, 6.07) is 12.5. The quantitative estimate of drug-likeness (QED) is 0.291. The molecule has 2 heterocycles. The second-order valence-electron chi connectivity index (χ2n) is 7.53. The van der Waals surface area contributed by atoms with Gasteiger partial charge in [0.25, 0.3) is 11.7 Å². The zero-order valence-electron chi connectivity index (χ0n) is 18.3. The lowest BCUT2D eigenvalue weighted by Crippen LogP contribution is -2.29. The van der Waals surface area contributed by atoms with Crippen LogP contribution in [0.3, 0.4) is 0 Å². The molecule has 0 radical (unpaired) electrons. The van der Waals surface area contributed by atoms with Gasteiger partial charge in [-0.3, -0.25) is 14.6 Å². The molecule has 7 nitrogen and oxygen atoms in total. The zero-order chi connectivity index (χ0) is 24.4. The average molecular weight is 499 g/mol. The van der Waals surface area contributed by atoms with E-state index < -0.39 is 23.5 Å². The van der Waals surface area contributed by atoms with Crippen molar-refractivity contribution in [2.45, 2.75) is 12.6 Å². The molecule has 3 aromatic rings. The maximum atomic E-state index is 13.2. The molecule has 1 aliphatic rings. The first-order valence-corrected chi connectivity index (χ1v) is 11.0. The summed E-state index contributed by atoms with van der Waals surface area (Å²) in [6.07, 6.45) is 3.21. The van der Waals surface area contributed by atoms with Gasteiger partial charge in [0.2, 0.25) is 0 Å². The average Bonchev–Trinajstić information content (AvgIpc) is 3.09. The molecule has 0 bridgehead atoms. The maximum absolute atomic E-state index is 13.2. The van der Waals surface area contributed by atoms with Gasteiger partial charge in [0, 0.05) is 24.5 Å². The summed E-state index contributed by atoms with van der Waals surface area (Å²) in [5, 5.41) is 11.6. The number of hydrogen-bond acceptors (Lipinski definition) is 6. The second kappa shape index (κ2) is 9.75. The molecule has 1 saturated heterocycles. The molecule has 1 fully saturated rings. The van der Waals surface area contributed by atoms with Crippen molar-refractivity contribution in [1.82, 2.24) is 9.88 Å². The van der Waals surface area contributed by atoms with Gasteiger partial charge in [-0.15, -0.1) is 0 Å². The molecule has 1 atom stereocenters. The Morgan fingerprint density at radius 3 is 2.32 bits per heavy atom. The minimum absolute atomic E-state index is 0.0791. The monoisotopic (exact) mass is 498 g/mol. The third kappa shape index (κ3) is 4.32. The number of hydrogen-bond donors (Lipinski definition) is 1. The normalized spacial score (nSPS) is 17.2. The molecule has 2 aromatic carbocycles. The number of rotatable bonds is 6. The number of nitrogens with zero attached hydrogens (tertiary/aromatic N) is 2. The summed E-state index contributed by atoms with van der Waals surface area (Å²) in [4.78, 5) is 31.8. The number of halogens is 2. The molecule has 1 aliphatic heterocycles. The molecule has 0 spiro atoms. The number of aliphatic hydroxyl groups is 1. The molecule has 1 amide bonds. The molecule has 1 aromatic heterocycles. The van der Waals surface area contributed by atoms with E-state index in [-0.39, 0.29) is 33.5 Å². The fourth-order valence-corrected chi connectivity index (χ4v) is 4.57. The lowest BCUT2D eigenvalue weighted by atomic mass is 9.95. The number of Topliss-reactive ketones (excluding diaryl/α,β-unsaturated/α-hetero) is 1. The molecular weight excluding hydrogens is 479 g/mol. The summed E-state index contributed by atoms with van der Waals surface area (Å²) >= 11 is 12.5. The van der Waals surface area contributed by atoms with E-state index in [4.69, 9.17) is 32.7 Å². The molecule has 174 valence electrons. The van der Waals surface area contributed by atoms with Gasteiger partial charge >= 0.3 is 0 Å². The van der Waals surface area contributed by atoms with E-state index in [1.807, 2.05) is 0 Å². The number of ketones is 1. The number of likely N-dealkylation sites (tertiary alicyclic amines) is 1. The Morgan fingerprint density at radius 2 is 1.71 bits per heavy atom. The summed E-state index contributed by atoms with van der Waals surface area (Å²) in [5.74, 6) is -1.17. The van der Waals surface area contributed by atoms with E-state index in [1.165, 1.54) is 31.3 Å². The molecule has 1 unspecified atom stereocenters.